The number of guanidine groups is 1. The molecule has 4 rings (SSSR count). The van der Waals surface area contributed by atoms with Gasteiger partial charge in [-0.3, -0.25) is 4.99 Å². The van der Waals surface area contributed by atoms with Crippen molar-refractivity contribution in [1.82, 2.24) is 15.3 Å². The number of anilines is 1. The molecule has 0 aliphatic carbocycles. The first-order valence-electron chi connectivity index (χ1n) is 9.03. The summed E-state index contributed by atoms with van der Waals surface area (Å²) in [5, 5.41) is 20.4. The van der Waals surface area contributed by atoms with Crippen molar-refractivity contribution in [2.75, 3.05) is 31.6 Å². The van der Waals surface area contributed by atoms with Gasteiger partial charge in [0.05, 0.1) is 11.6 Å². The second-order valence-corrected chi connectivity index (χ2v) is 7.68. The molecule has 0 saturated carbocycles. The molecule has 3 aromatic rings. The van der Waals surface area contributed by atoms with Crippen LogP contribution >= 0.6 is 22.7 Å². The van der Waals surface area contributed by atoms with Gasteiger partial charge in [0, 0.05) is 23.8 Å². The van der Waals surface area contributed by atoms with Gasteiger partial charge >= 0.3 is 0 Å². The molecule has 0 atom stereocenters. The fraction of sp³-hybridized carbons (Fsp3) is 0.263. The van der Waals surface area contributed by atoms with Gasteiger partial charge in [0.2, 0.25) is 0 Å². The highest BCUT2D eigenvalue weighted by molar-refractivity contribution is 7.14. The monoisotopic (exact) mass is 426 g/mol. The Hall–Kier alpha value is -3.16. The van der Waals surface area contributed by atoms with E-state index >= 15 is 0 Å². The Morgan fingerprint density at radius 2 is 1.86 bits per heavy atom. The van der Waals surface area contributed by atoms with Crippen molar-refractivity contribution >= 4 is 33.8 Å². The lowest BCUT2D eigenvalue weighted by atomic mass is 10.2. The molecule has 0 bridgehead atoms. The average molecular weight is 427 g/mol. The summed E-state index contributed by atoms with van der Waals surface area (Å²) < 4.78 is 11.3. The van der Waals surface area contributed by atoms with E-state index in [-0.39, 0.29) is 0 Å². The molecule has 10 heteroatoms. The van der Waals surface area contributed by atoms with Crippen LogP contribution in [0.2, 0.25) is 0 Å². The summed E-state index contributed by atoms with van der Waals surface area (Å²) in [6.45, 7) is 2.52. The Bertz CT molecular complexity index is 1020. The number of ether oxygens (including phenoxy) is 2. The molecule has 0 radical (unpaired) electrons. The van der Waals surface area contributed by atoms with Crippen LogP contribution in [0.3, 0.4) is 0 Å². The first kappa shape index (κ1) is 19.2. The molecule has 29 heavy (non-hydrogen) atoms. The molecule has 1 aliphatic rings. The van der Waals surface area contributed by atoms with Crippen molar-refractivity contribution in [3.8, 4) is 28.4 Å². The van der Waals surface area contributed by atoms with Crippen LogP contribution in [0.1, 0.15) is 12.0 Å². The van der Waals surface area contributed by atoms with Gasteiger partial charge in [-0.1, -0.05) is 11.3 Å². The lowest BCUT2D eigenvalue weighted by molar-refractivity contribution is 0.216. The third-order valence-corrected chi connectivity index (χ3v) is 5.44. The summed E-state index contributed by atoms with van der Waals surface area (Å²) in [7, 11) is 0. The number of nitrogens with zero attached hydrogens (tertiary/aromatic N) is 4. The number of aliphatic imine (C=N–C) groups is 1. The number of benzene rings is 1. The van der Waals surface area contributed by atoms with Gasteiger partial charge in [-0.15, -0.1) is 11.3 Å². The lowest BCUT2D eigenvalue weighted by Crippen LogP contribution is -2.35. The van der Waals surface area contributed by atoms with E-state index in [0.29, 0.717) is 29.7 Å². The molecule has 2 aromatic heterocycles. The zero-order chi connectivity index (χ0) is 19.9. The van der Waals surface area contributed by atoms with E-state index in [1.54, 1.807) is 24.3 Å². The average Bonchev–Trinajstić information content (AvgIpc) is 3.42. The van der Waals surface area contributed by atoms with E-state index in [9.17, 15) is 0 Å². The number of thiazole rings is 2. The van der Waals surface area contributed by atoms with Crippen molar-refractivity contribution in [2.45, 2.75) is 6.42 Å². The highest BCUT2D eigenvalue weighted by atomic mass is 32.1. The molecular formula is C19H18N6O2S2. The summed E-state index contributed by atoms with van der Waals surface area (Å²) in [6.07, 6.45) is 1.05. The SMILES string of the molecule is N#Cc1ccc(OCCOc2nc(-c3csc(NC4=NCCCN4)n3)cs2)cc1. The minimum atomic E-state index is 0.377. The topological polar surface area (TPSA) is 104 Å². The normalized spacial score (nSPS) is 13.1. The smallest absolute Gasteiger partial charge is 0.273 e. The van der Waals surface area contributed by atoms with Crippen LogP contribution in [0.5, 0.6) is 10.9 Å². The van der Waals surface area contributed by atoms with Gasteiger partial charge in [0.1, 0.15) is 30.4 Å². The van der Waals surface area contributed by atoms with E-state index in [0.717, 1.165) is 42.0 Å². The quantitative estimate of drug-likeness (QED) is 0.558. The molecule has 148 valence electrons. The van der Waals surface area contributed by atoms with Gasteiger partial charge in [-0.2, -0.15) is 5.26 Å². The van der Waals surface area contributed by atoms with Crippen LogP contribution in [0.25, 0.3) is 11.4 Å². The number of hydrogen-bond acceptors (Lipinski definition) is 10. The maximum absolute atomic E-state index is 8.80. The van der Waals surface area contributed by atoms with E-state index in [1.165, 1.54) is 22.7 Å². The first-order valence-corrected chi connectivity index (χ1v) is 10.8. The van der Waals surface area contributed by atoms with E-state index in [1.807, 2.05) is 10.8 Å². The maximum atomic E-state index is 8.80. The highest BCUT2D eigenvalue weighted by Gasteiger charge is 2.12. The standard InChI is InChI=1S/C19H18N6O2S2/c20-10-13-2-4-14(5-3-13)26-8-9-27-19-24-16(12-29-19)15-11-28-18(23-15)25-17-21-6-1-7-22-17/h2-5,11-12H,1,6-9H2,(H2,21,22,23,25). The van der Waals surface area contributed by atoms with E-state index in [2.05, 4.69) is 31.7 Å². The summed E-state index contributed by atoms with van der Waals surface area (Å²) in [6, 6.07) is 9.05. The minimum Gasteiger partial charge on any atom is -0.490 e. The fourth-order valence-electron chi connectivity index (χ4n) is 2.52. The third kappa shape index (κ3) is 5.22. The zero-order valence-corrected chi connectivity index (χ0v) is 17.1. The summed E-state index contributed by atoms with van der Waals surface area (Å²) >= 11 is 2.93. The molecule has 0 amide bonds. The Morgan fingerprint density at radius 3 is 2.66 bits per heavy atom. The second-order valence-electron chi connectivity index (χ2n) is 6.01. The fourth-order valence-corrected chi connectivity index (χ4v) is 3.91. The van der Waals surface area contributed by atoms with Gasteiger partial charge in [0.15, 0.2) is 11.1 Å². The van der Waals surface area contributed by atoms with Crippen LogP contribution in [0.4, 0.5) is 5.13 Å². The Kier molecular flexibility index (Phi) is 6.19. The van der Waals surface area contributed by atoms with Gasteiger partial charge in [-0.25, -0.2) is 9.97 Å². The molecule has 0 spiro atoms. The van der Waals surface area contributed by atoms with Crippen molar-refractivity contribution < 1.29 is 9.47 Å². The molecule has 1 aromatic carbocycles. The van der Waals surface area contributed by atoms with Gasteiger partial charge in [-0.05, 0) is 30.7 Å². The predicted molar refractivity (Wildman–Crippen MR) is 114 cm³/mol. The van der Waals surface area contributed by atoms with Crippen LogP contribution in [0, 0.1) is 11.3 Å². The van der Waals surface area contributed by atoms with E-state index < -0.39 is 0 Å². The molecule has 1 aliphatic heterocycles. The lowest BCUT2D eigenvalue weighted by Gasteiger charge is -2.13. The maximum Gasteiger partial charge on any atom is 0.273 e. The molecular weight excluding hydrogens is 408 g/mol. The van der Waals surface area contributed by atoms with Crippen LogP contribution < -0.4 is 20.1 Å². The minimum absolute atomic E-state index is 0.377. The number of hydrogen-bond donors (Lipinski definition) is 2. The highest BCUT2D eigenvalue weighted by Crippen LogP contribution is 2.29. The third-order valence-electron chi connectivity index (χ3n) is 3.93. The first-order chi connectivity index (χ1) is 14.3. The van der Waals surface area contributed by atoms with Gasteiger partial charge in [0.25, 0.3) is 5.19 Å². The number of nitriles is 1. The molecule has 0 fully saturated rings. The van der Waals surface area contributed by atoms with Gasteiger partial charge < -0.3 is 20.1 Å². The van der Waals surface area contributed by atoms with Crippen LogP contribution in [-0.2, 0) is 0 Å². The number of rotatable bonds is 7. The summed E-state index contributed by atoms with van der Waals surface area (Å²) in [4.78, 5) is 13.4. The van der Waals surface area contributed by atoms with Crippen molar-refractivity contribution in [3.63, 3.8) is 0 Å². The predicted octanol–water partition coefficient (Wildman–Crippen LogP) is 3.36. The molecule has 3 heterocycles. The van der Waals surface area contributed by atoms with Crippen molar-refractivity contribution in [2.24, 2.45) is 4.99 Å². The Labute approximate surface area is 175 Å². The van der Waals surface area contributed by atoms with Crippen LogP contribution in [-0.4, -0.2) is 42.2 Å². The second kappa shape index (κ2) is 9.36. The largest absolute Gasteiger partial charge is 0.490 e. The zero-order valence-electron chi connectivity index (χ0n) is 15.4. The summed E-state index contributed by atoms with van der Waals surface area (Å²) in [5.74, 6) is 1.47. The molecule has 0 saturated heterocycles. The number of aromatic nitrogens is 2. The Morgan fingerprint density at radius 1 is 1.07 bits per heavy atom. The molecule has 8 nitrogen and oxygen atoms in total. The van der Waals surface area contributed by atoms with Crippen LogP contribution in [0.15, 0.2) is 40.0 Å². The molecule has 2 N–H and O–H groups in total. The number of nitrogens with one attached hydrogen (secondary N) is 2. The molecule has 0 unspecified atom stereocenters. The van der Waals surface area contributed by atoms with Crippen molar-refractivity contribution in [3.05, 3.63) is 40.6 Å². The summed E-state index contributed by atoms with van der Waals surface area (Å²) in [5.41, 5.74) is 2.18. The van der Waals surface area contributed by atoms with E-state index in [4.69, 9.17) is 14.7 Å². The Balaban J connectivity index is 1.26. The van der Waals surface area contributed by atoms with Crippen molar-refractivity contribution in [1.29, 1.82) is 5.26 Å².